The molecule has 0 fully saturated rings. The minimum absolute atomic E-state index is 0.0841. The minimum Gasteiger partial charge on any atom is -0.492 e. The highest BCUT2D eigenvalue weighted by Crippen LogP contribution is 2.24. The molecule has 0 aliphatic heterocycles. The molecule has 0 radical (unpaired) electrons. The first-order chi connectivity index (χ1) is 16.0. The number of carbonyl (C=O) groups is 1. The van der Waals surface area contributed by atoms with Gasteiger partial charge in [-0.1, -0.05) is 30.3 Å². The highest BCUT2D eigenvalue weighted by molar-refractivity contribution is 7.09. The molecule has 2 aromatic heterocycles. The molecule has 1 N–H and O–H groups in total. The van der Waals surface area contributed by atoms with Crippen LogP contribution in [0.2, 0.25) is 0 Å². The van der Waals surface area contributed by atoms with Crippen molar-refractivity contribution in [1.82, 2.24) is 9.88 Å². The van der Waals surface area contributed by atoms with E-state index in [9.17, 15) is 10.1 Å². The van der Waals surface area contributed by atoms with Crippen molar-refractivity contribution in [3.05, 3.63) is 93.3 Å². The summed E-state index contributed by atoms with van der Waals surface area (Å²) < 4.78 is 8.06. The van der Waals surface area contributed by atoms with Crippen molar-refractivity contribution >= 4 is 34.2 Å². The van der Waals surface area contributed by atoms with Crippen LogP contribution in [0.15, 0.2) is 71.7 Å². The number of thiophene rings is 1. The topological polar surface area (TPSA) is 67.0 Å². The number of aryl methyl sites for hydroxylation is 2. The Morgan fingerprint density at radius 2 is 2.00 bits per heavy atom. The molecular weight excluding hydrogens is 430 g/mol. The number of amides is 1. The molecule has 6 heteroatoms. The van der Waals surface area contributed by atoms with Crippen molar-refractivity contribution in [2.45, 2.75) is 26.9 Å². The van der Waals surface area contributed by atoms with E-state index in [-0.39, 0.29) is 11.5 Å². The molecule has 5 nitrogen and oxygen atoms in total. The molecule has 0 aliphatic rings. The maximum absolute atomic E-state index is 12.6. The van der Waals surface area contributed by atoms with Crippen LogP contribution in [0.3, 0.4) is 0 Å². The molecular formula is C27H25N3O2S. The third kappa shape index (κ3) is 5.33. The molecule has 0 spiro atoms. The van der Waals surface area contributed by atoms with Crippen LogP contribution in [-0.4, -0.2) is 17.1 Å². The Labute approximate surface area is 197 Å². The summed E-state index contributed by atoms with van der Waals surface area (Å²) in [6.45, 7) is 5.72. The van der Waals surface area contributed by atoms with E-state index >= 15 is 0 Å². The maximum Gasteiger partial charge on any atom is 0.262 e. The third-order valence-electron chi connectivity index (χ3n) is 5.57. The number of ether oxygens (including phenoxy) is 1. The van der Waals surface area contributed by atoms with Crippen LogP contribution >= 0.6 is 11.3 Å². The smallest absolute Gasteiger partial charge is 0.262 e. The highest BCUT2D eigenvalue weighted by Gasteiger charge is 2.13. The molecule has 2 aromatic carbocycles. The van der Waals surface area contributed by atoms with Gasteiger partial charge >= 0.3 is 0 Å². The van der Waals surface area contributed by atoms with E-state index in [0.717, 1.165) is 27.1 Å². The lowest BCUT2D eigenvalue weighted by molar-refractivity contribution is -0.117. The fourth-order valence-corrected chi connectivity index (χ4v) is 4.27. The summed E-state index contributed by atoms with van der Waals surface area (Å²) in [5, 5.41) is 15.4. The van der Waals surface area contributed by atoms with Crippen molar-refractivity contribution in [2.24, 2.45) is 0 Å². The molecule has 0 saturated carbocycles. The monoisotopic (exact) mass is 455 g/mol. The molecule has 0 saturated heterocycles. The SMILES string of the molecule is Cc1ccc(OCCn2cc(/C=C(\C#N)C(=O)NCc3cccs3)c3ccccc32)cc1C. The fourth-order valence-electron chi connectivity index (χ4n) is 3.62. The zero-order valence-electron chi connectivity index (χ0n) is 18.7. The quantitative estimate of drug-likeness (QED) is 0.277. The number of para-hydroxylation sites is 1. The van der Waals surface area contributed by atoms with Gasteiger partial charge in [-0.2, -0.15) is 5.26 Å². The average molecular weight is 456 g/mol. The van der Waals surface area contributed by atoms with Gasteiger partial charge < -0.3 is 14.6 Å². The van der Waals surface area contributed by atoms with Crippen molar-refractivity contribution in [3.8, 4) is 11.8 Å². The molecule has 166 valence electrons. The van der Waals surface area contributed by atoms with Gasteiger partial charge in [-0.05, 0) is 60.7 Å². The van der Waals surface area contributed by atoms with Gasteiger partial charge in [0, 0.05) is 27.5 Å². The zero-order valence-corrected chi connectivity index (χ0v) is 19.5. The van der Waals surface area contributed by atoms with Gasteiger partial charge in [0.15, 0.2) is 0 Å². The van der Waals surface area contributed by atoms with E-state index in [2.05, 4.69) is 29.8 Å². The molecule has 0 aliphatic carbocycles. The normalized spacial score (nSPS) is 11.4. The Morgan fingerprint density at radius 3 is 2.76 bits per heavy atom. The number of nitrogens with one attached hydrogen (secondary N) is 1. The molecule has 0 unspecified atom stereocenters. The third-order valence-corrected chi connectivity index (χ3v) is 6.44. The summed E-state index contributed by atoms with van der Waals surface area (Å²) in [6, 6.07) is 20.0. The Bertz CT molecular complexity index is 1340. The van der Waals surface area contributed by atoms with Crippen LogP contribution in [-0.2, 0) is 17.9 Å². The summed E-state index contributed by atoms with van der Waals surface area (Å²) in [4.78, 5) is 13.6. The van der Waals surface area contributed by atoms with Gasteiger partial charge in [0.25, 0.3) is 5.91 Å². The van der Waals surface area contributed by atoms with E-state index in [4.69, 9.17) is 4.74 Å². The number of rotatable bonds is 8. The first-order valence-electron chi connectivity index (χ1n) is 10.8. The molecule has 2 heterocycles. The van der Waals surface area contributed by atoms with Crippen molar-refractivity contribution in [3.63, 3.8) is 0 Å². The number of nitrogens with zero attached hydrogens (tertiary/aromatic N) is 2. The van der Waals surface area contributed by atoms with E-state index in [1.165, 1.54) is 11.1 Å². The van der Waals surface area contributed by atoms with Crippen LogP contribution in [0.4, 0.5) is 0 Å². The van der Waals surface area contributed by atoms with Gasteiger partial charge in [0.05, 0.1) is 13.1 Å². The summed E-state index contributed by atoms with van der Waals surface area (Å²) in [5.41, 5.74) is 4.39. The van der Waals surface area contributed by atoms with Crippen LogP contribution in [0.1, 0.15) is 21.6 Å². The first kappa shape index (κ1) is 22.4. The highest BCUT2D eigenvalue weighted by atomic mass is 32.1. The first-order valence-corrected chi connectivity index (χ1v) is 11.6. The molecule has 1 amide bonds. The molecule has 4 aromatic rings. The Hall–Kier alpha value is -3.82. The second-order valence-electron chi connectivity index (χ2n) is 7.82. The van der Waals surface area contributed by atoms with Gasteiger partial charge in [-0.3, -0.25) is 4.79 Å². The van der Waals surface area contributed by atoms with Gasteiger partial charge in [0.2, 0.25) is 0 Å². The summed E-state index contributed by atoms with van der Waals surface area (Å²) in [6.07, 6.45) is 3.63. The van der Waals surface area contributed by atoms with Crippen molar-refractivity contribution in [2.75, 3.05) is 6.61 Å². The number of nitriles is 1. The molecule has 33 heavy (non-hydrogen) atoms. The number of benzene rings is 2. The van der Waals surface area contributed by atoms with Gasteiger partial charge in [0.1, 0.15) is 24.0 Å². The lowest BCUT2D eigenvalue weighted by atomic mass is 10.1. The van der Waals surface area contributed by atoms with E-state index in [0.29, 0.717) is 19.7 Å². The predicted octanol–water partition coefficient (Wildman–Crippen LogP) is 5.62. The Balaban J connectivity index is 1.51. The number of carbonyl (C=O) groups excluding carboxylic acids is 1. The second kappa shape index (κ2) is 10.2. The molecule has 4 rings (SSSR count). The van der Waals surface area contributed by atoms with Crippen LogP contribution in [0.25, 0.3) is 17.0 Å². The largest absolute Gasteiger partial charge is 0.492 e. The second-order valence-corrected chi connectivity index (χ2v) is 8.85. The van der Waals surface area contributed by atoms with Crippen LogP contribution in [0.5, 0.6) is 5.75 Å². The summed E-state index contributed by atoms with van der Waals surface area (Å²) >= 11 is 1.57. The minimum atomic E-state index is -0.374. The van der Waals surface area contributed by atoms with Gasteiger partial charge in [-0.15, -0.1) is 11.3 Å². The summed E-state index contributed by atoms with van der Waals surface area (Å²) in [5.74, 6) is 0.477. The van der Waals surface area contributed by atoms with E-state index < -0.39 is 0 Å². The van der Waals surface area contributed by atoms with Crippen LogP contribution in [0, 0.1) is 25.2 Å². The number of aromatic nitrogens is 1. The number of fused-ring (bicyclic) bond motifs is 1. The lowest BCUT2D eigenvalue weighted by Crippen LogP contribution is -2.23. The van der Waals surface area contributed by atoms with Gasteiger partial charge in [-0.25, -0.2) is 0 Å². The summed E-state index contributed by atoms with van der Waals surface area (Å²) in [7, 11) is 0. The molecule has 0 atom stereocenters. The zero-order chi connectivity index (χ0) is 23.2. The number of hydrogen-bond donors (Lipinski definition) is 1. The molecule has 0 bridgehead atoms. The Morgan fingerprint density at radius 1 is 1.15 bits per heavy atom. The lowest BCUT2D eigenvalue weighted by Gasteiger charge is -2.10. The van der Waals surface area contributed by atoms with E-state index in [1.807, 2.05) is 66.2 Å². The fraction of sp³-hybridized carbons (Fsp3) is 0.185. The van der Waals surface area contributed by atoms with Crippen molar-refractivity contribution in [1.29, 1.82) is 5.26 Å². The maximum atomic E-state index is 12.6. The number of hydrogen-bond acceptors (Lipinski definition) is 4. The Kier molecular flexibility index (Phi) is 6.92. The standard InChI is InChI=1S/C27H25N3O2S/c1-19-9-10-23(14-20(19)2)32-12-11-30-18-22(25-7-3-4-8-26(25)30)15-21(16-28)27(31)29-17-24-6-5-13-33-24/h3-10,13-15,18H,11-12,17H2,1-2H3,(H,29,31)/b21-15+. The predicted molar refractivity (Wildman–Crippen MR) is 133 cm³/mol. The van der Waals surface area contributed by atoms with E-state index in [1.54, 1.807) is 17.4 Å². The van der Waals surface area contributed by atoms with Crippen LogP contribution < -0.4 is 10.1 Å². The average Bonchev–Trinajstić information content (AvgIpc) is 3.47. The van der Waals surface area contributed by atoms with Crippen molar-refractivity contribution < 1.29 is 9.53 Å².